The Morgan fingerprint density at radius 3 is 2.89 bits per heavy atom. The standard InChI is InChI=1S/C13H17ClN4/c1-3-6-18-12(8-16-17-18)13(15)10-5-4-9(2)7-11(10)14/h4-5,7-8,13H,3,6,15H2,1-2H3. The molecule has 0 fully saturated rings. The highest BCUT2D eigenvalue weighted by Crippen LogP contribution is 2.26. The molecular formula is C13H17ClN4. The van der Waals surface area contributed by atoms with Gasteiger partial charge in [-0.05, 0) is 30.5 Å². The minimum absolute atomic E-state index is 0.292. The first-order valence-electron chi connectivity index (χ1n) is 6.03. The molecule has 96 valence electrons. The van der Waals surface area contributed by atoms with Crippen molar-refractivity contribution in [1.29, 1.82) is 0 Å². The highest BCUT2D eigenvalue weighted by Gasteiger charge is 2.17. The third kappa shape index (κ3) is 2.54. The number of halogens is 1. The molecule has 2 rings (SSSR count). The number of rotatable bonds is 4. The average Bonchev–Trinajstić information content (AvgIpc) is 2.77. The van der Waals surface area contributed by atoms with Crippen molar-refractivity contribution in [3.8, 4) is 0 Å². The van der Waals surface area contributed by atoms with Crippen molar-refractivity contribution in [2.45, 2.75) is 32.9 Å². The van der Waals surface area contributed by atoms with Crippen molar-refractivity contribution in [3.63, 3.8) is 0 Å². The van der Waals surface area contributed by atoms with Crippen molar-refractivity contribution in [2.24, 2.45) is 5.73 Å². The van der Waals surface area contributed by atoms with Gasteiger partial charge in [-0.2, -0.15) is 0 Å². The topological polar surface area (TPSA) is 56.7 Å². The van der Waals surface area contributed by atoms with Crippen LogP contribution in [0, 0.1) is 6.92 Å². The minimum atomic E-state index is -0.292. The van der Waals surface area contributed by atoms with Crippen LogP contribution in [0.25, 0.3) is 0 Å². The molecule has 1 heterocycles. The zero-order valence-corrected chi connectivity index (χ0v) is 11.4. The van der Waals surface area contributed by atoms with E-state index in [1.165, 1.54) is 0 Å². The Kier molecular flexibility index (Phi) is 3.99. The van der Waals surface area contributed by atoms with E-state index in [1.54, 1.807) is 6.20 Å². The van der Waals surface area contributed by atoms with Gasteiger partial charge in [-0.15, -0.1) is 5.10 Å². The zero-order chi connectivity index (χ0) is 13.1. The predicted octanol–water partition coefficient (Wildman–Crippen LogP) is 2.70. The largest absolute Gasteiger partial charge is 0.319 e. The molecular weight excluding hydrogens is 248 g/mol. The fraction of sp³-hybridized carbons (Fsp3) is 0.385. The van der Waals surface area contributed by atoms with Gasteiger partial charge in [-0.3, -0.25) is 0 Å². The summed E-state index contributed by atoms with van der Waals surface area (Å²) in [6.45, 7) is 4.91. The molecule has 0 radical (unpaired) electrons. The van der Waals surface area contributed by atoms with E-state index in [9.17, 15) is 0 Å². The lowest BCUT2D eigenvalue weighted by Gasteiger charge is -2.15. The Morgan fingerprint density at radius 1 is 1.44 bits per heavy atom. The lowest BCUT2D eigenvalue weighted by Crippen LogP contribution is -2.18. The first kappa shape index (κ1) is 13.1. The summed E-state index contributed by atoms with van der Waals surface area (Å²) in [5.74, 6) is 0. The summed E-state index contributed by atoms with van der Waals surface area (Å²) in [7, 11) is 0. The molecule has 1 aromatic carbocycles. The maximum atomic E-state index is 6.26. The van der Waals surface area contributed by atoms with Crippen molar-refractivity contribution >= 4 is 11.6 Å². The van der Waals surface area contributed by atoms with Crippen molar-refractivity contribution in [3.05, 3.63) is 46.2 Å². The fourth-order valence-corrected chi connectivity index (χ4v) is 2.29. The van der Waals surface area contributed by atoms with Crippen LogP contribution in [0.15, 0.2) is 24.4 Å². The Hall–Kier alpha value is -1.39. The van der Waals surface area contributed by atoms with E-state index < -0.39 is 0 Å². The number of benzene rings is 1. The number of nitrogens with zero attached hydrogens (tertiary/aromatic N) is 3. The van der Waals surface area contributed by atoms with Crippen LogP contribution in [-0.2, 0) is 6.54 Å². The molecule has 0 amide bonds. The Morgan fingerprint density at radius 2 is 2.22 bits per heavy atom. The van der Waals surface area contributed by atoms with E-state index in [-0.39, 0.29) is 6.04 Å². The number of nitrogens with two attached hydrogens (primary N) is 1. The Bertz CT molecular complexity index is 536. The molecule has 0 aliphatic carbocycles. The van der Waals surface area contributed by atoms with Gasteiger partial charge in [0.25, 0.3) is 0 Å². The quantitative estimate of drug-likeness (QED) is 0.924. The van der Waals surface area contributed by atoms with E-state index in [1.807, 2.05) is 29.8 Å². The highest BCUT2D eigenvalue weighted by molar-refractivity contribution is 6.31. The van der Waals surface area contributed by atoms with Gasteiger partial charge >= 0.3 is 0 Å². The smallest absolute Gasteiger partial charge is 0.0800 e. The second-order valence-corrected chi connectivity index (χ2v) is 4.79. The van der Waals surface area contributed by atoms with Crippen molar-refractivity contribution < 1.29 is 0 Å². The normalized spacial score (nSPS) is 12.7. The molecule has 2 N–H and O–H groups in total. The van der Waals surface area contributed by atoms with Crippen LogP contribution < -0.4 is 5.73 Å². The van der Waals surface area contributed by atoms with Crippen LogP contribution in [0.1, 0.15) is 36.2 Å². The predicted molar refractivity (Wildman–Crippen MR) is 72.5 cm³/mol. The van der Waals surface area contributed by atoms with E-state index in [0.29, 0.717) is 5.02 Å². The zero-order valence-electron chi connectivity index (χ0n) is 10.6. The van der Waals surface area contributed by atoms with Crippen LogP contribution in [0.3, 0.4) is 0 Å². The summed E-state index contributed by atoms with van der Waals surface area (Å²) in [5.41, 5.74) is 9.17. The van der Waals surface area contributed by atoms with E-state index in [0.717, 1.165) is 29.8 Å². The van der Waals surface area contributed by atoms with E-state index in [2.05, 4.69) is 17.2 Å². The van der Waals surface area contributed by atoms with Crippen LogP contribution in [0.5, 0.6) is 0 Å². The van der Waals surface area contributed by atoms with Gasteiger partial charge in [-0.1, -0.05) is 35.9 Å². The second kappa shape index (κ2) is 5.50. The number of hydrogen-bond donors (Lipinski definition) is 1. The molecule has 0 spiro atoms. The monoisotopic (exact) mass is 264 g/mol. The number of aryl methyl sites for hydroxylation is 2. The molecule has 0 saturated heterocycles. The lowest BCUT2D eigenvalue weighted by atomic mass is 10.0. The number of aromatic nitrogens is 3. The molecule has 2 aromatic rings. The van der Waals surface area contributed by atoms with Gasteiger partial charge in [-0.25, -0.2) is 4.68 Å². The van der Waals surface area contributed by atoms with Crippen molar-refractivity contribution in [1.82, 2.24) is 15.0 Å². The molecule has 5 heteroatoms. The molecule has 1 unspecified atom stereocenters. The molecule has 18 heavy (non-hydrogen) atoms. The molecule has 1 atom stereocenters. The molecule has 0 bridgehead atoms. The maximum absolute atomic E-state index is 6.26. The van der Waals surface area contributed by atoms with Crippen LogP contribution in [-0.4, -0.2) is 15.0 Å². The van der Waals surface area contributed by atoms with Gasteiger partial charge in [0.05, 0.1) is 17.9 Å². The molecule has 0 saturated carbocycles. The third-order valence-corrected chi connectivity index (χ3v) is 3.22. The Balaban J connectivity index is 2.35. The second-order valence-electron chi connectivity index (χ2n) is 4.38. The lowest BCUT2D eigenvalue weighted by molar-refractivity contribution is 0.543. The molecule has 4 nitrogen and oxygen atoms in total. The summed E-state index contributed by atoms with van der Waals surface area (Å²) in [4.78, 5) is 0. The molecule has 0 aliphatic rings. The van der Waals surface area contributed by atoms with Gasteiger partial charge in [0.1, 0.15) is 0 Å². The van der Waals surface area contributed by atoms with E-state index in [4.69, 9.17) is 17.3 Å². The SMILES string of the molecule is CCCn1nncc1C(N)c1ccc(C)cc1Cl. The van der Waals surface area contributed by atoms with Gasteiger partial charge in [0.15, 0.2) is 0 Å². The summed E-state index contributed by atoms with van der Waals surface area (Å²) < 4.78 is 1.83. The van der Waals surface area contributed by atoms with Gasteiger partial charge in [0.2, 0.25) is 0 Å². The molecule has 0 aliphatic heterocycles. The summed E-state index contributed by atoms with van der Waals surface area (Å²) in [5, 5.41) is 8.65. The first-order valence-corrected chi connectivity index (χ1v) is 6.41. The average molecular weight is 265 g/mol. The van der Waals surface area contributed by atoms with E-state index >= 15 is 0 Å². The number of hydrogen-bond acceptors (Lipinski definition) is 3. The van der Waals surface area contributed by atoms with Crippen LogP contribution in [0.4, 0.5) is 0 Å². The highest BCUT2D eigenvalue weighted by atomic mass is 35.5. The van der Waals surface area contributed by atoms with Gasteiger partial charge < -0.3 is 5.73 Å². The molecule has 1 aromatic heterocycles. The summed E-state index contributed by atoms with van der Waals surface area (Å²) in [6.07, 6.45) is 2.70. The van der Waals surface area contributed by atoms with Gasteiger partial charge in [0, 0.05) is 11.6 Å². The van der Waals surface area contributed by atoms with Crippen LogP contribution >= 0.6 is 11.6 Å². The summed E-state index contributed by atoms with van der Waals surface area (Å²) in [6, 6.07) is 5.60. The third-order valence-electron chi connectivity index (χ3n) is 2.89. The Labute approximate surface area is 112 Å². The fourth-order valence-electron chi connectivity index (χ4n) is 1.94. The maximum Gasteiger partial charge on any atom is 0.0800 e. The van der Waals surface area contributed by atoms with Crippen LogP contribution in [0.2, 0.25) is 5.02 Å². The van der Waals surface area contributed by atoms with Crippen molar-refractivity contribution in [2.75, 3.05) is 0 Å². The first-order chi connectivity index (χ1) is 8.63. The summed E-state index contributed by atoms with van der Waals surface area (Å²) >= 11 is 6.24. The minimum Gasteiger partial charge on any atom is -0.319 e.